The number of likely N-dealkylation sites (tertiary alicyclic amines) is 1. The SMILES string of the molecule is CC(C)(C)[Si](C)(C)OC1CCCN(C2CC=C(OS(=O)(=O)C(F)(F)F)CC2)C1. The largest absolute Gasteiger partial charge is 0.534 e. The first-order chi connectivity index (χ1) is 12.6. The number of hydrogen-bond donors (Lipinski definition) is 0. The fourth-order valence-electron chi connectivity index (χ4n) is 3.38. The first kappa shape index (κ1) is 23.7. The van der Waals surface area contributed by atoms with Crippen LogP contribution in [0.3, 0.4) is 0 Å². The van der Waals surface area contributed by atoms with E-state index in [1.807, 2.05) is 0 Å². The van der Waals surface area contributed by atoms with Crippen LogP contribution < -0.4 is 0 Å². The zero-order valence-corrected chi connectivity index (χ0v) is 19.1. The predicted molar refractivity (Wildman–Crippen MR) is 105 cm³/mol. The molecule has 2 atom stereocenters. The summed E-state index contributed by atoms with van der Waals surface area (Å²) in [7, 11) is -7.44. The van der Waals surface area contributed by atoms with Gasteiger partial charge in [0.2, 0.25) is 0 Å². The summed E-state index contributed by atoms with van der Waals surface area (Å²) < 4.78 is 70.5. The molecule has 2 unspecified atom stereocenters. The number of alkyl halides is 3. The summed E-state index contributed by atoms with van der Waals surface area (Å²) in [5.41, 5.74) is -5.40. The summed E-state index contributed by atoms with van der Waals surface area (Å²) in [4.78, 5) is 2.33. The third kappa shape index (κ3) is 5.73. The Balaban J connectivity index is 1.94. The lowest BCUT2D eigenvalue weighted by Gasteiger charge is -2.44. The third-order valence-corrected chi connectivity index (χ3v) is 11.6. The summed E-state index contributed by atoms with van der Waals surface area (Å²) in [5.74, 6) is -0.111. The lowest BCUT2D eigenvalue weighted by atomic mass is 9.96. The van der Waals surface area contributed by atoms with Crippen LogP contribution in [0.5, 0.6) is 0 Å². The molecule has 0 saturated carbocycles. The number of hydrogen-bond acceptors (Lipinski definition) is 5. The quantitative estimate of drug-likeness (QED) is 0.348. The smallest absolute Gasteiger partial charge is 0.413 e. The monoisotopic (exact) mass is 443 g/mol. The van der Waals surface area contributed by atoms with Crippen molar-refractivity contribution in [2.75, 3.05) is 13.1 Å². The van der Waals surface area contributed by atoms with E-state index in [9.17, 15) is 21.6 Å². The highest BCUT2D eigenvalue weighted by atomic mass is 32.2. The zero-order valence-electron chi connectivity index (χ0n) is 17.3. The van der Waals surface area contributed by atoms with Crippen LogP contribution in [0.1, 0.15) is 52.9 Å². The maximum atomic E-state index is 12.5. The van der Waals surface area contributed by atoms with Crippen molar-refractivity contribution in [2.45, 2.75) is 88.7 Å². The topological polar surface area (TPSA) is 55.8 Å². The lowest BCUT2D eigenvalue weighted by Crippen LogP contribution is -2.51. The number of halogens is 3. The average molecular weight is 444 g/mol. The van der Waals surface area contributed by atoms with Crippen molar-refractivity contribution in [3.8, 4) is 0 Å². The van der Waals surface area contributed by atoms with E-state index in [4.69, 9.17) is 4.43 Å². The Hall–Kier alpha value is -0.583. The van der Waals surface area contributed by atoms with E-state index in [1.54, 1.807) is 0 Å². The van der Waals surface area contributed by atoms with E-state index in [-0.39, 0.29) is 29.4 Å². The number of allylic oxidation sites excluding steroid dienone is 1. The lowest BCUT2D eigenvalue weighted by molar-refractivity contribution is -0.0525. The first-order valence-electron chi connectivity index (χ1n) is 9.74. The molecule has 0 spiro atoms. The molecule has 0 amide bonds. The molecule has 0 aromatic carbocycles. The van der Waals surface area contributed by atoms with Gasteiger partial charge in [-0.2, -0.15) is 21.6 Å². The van der Waals surface area contributed by atoms with Gasteiger partial charge >= 0.3 is 15.6 Å². The third-order valence-electron chi connectivity index (χ3n) is 6.04. The van der Waals surface area contributed by atoms with Gasteiger partial charge in [-0.3, -0.25) is 4.90 Å². The van der Waals surface area contributed by atoms with E-state index < -0.39 is 23.9 Å². The minimum absolute atomic E-state index is 0.111. The van der Waals surface area contributed by atoms with Crippen LogP contribution in [0.4, 0.5) is 13.2 Å². The van der Waals surface area contributed by atoms with Crippen LogP contribution in [-0.4, -0.2) is 52.4 Å². The highest BCUT2D eigenvalue weighted by Gasteiger charge is 2.49. The van der Waals surface area contributed by atoms with Gasteiger partial charge in [0.1, 0.15) is 5.76 Å². The van der Waals surface area contributed by atoms with Crippen LogP contribution in [0.15, 0.2) is 11.8 Å². The first-order valence-corrected chi connectivity index (χ1v) is 14.1. The van der Waals surface area contributed by atoms with Crippen LogP contribution >= 0.6 is 0 Å². The van der Waals surface area contributed by atoms with Crippen molar-refractivity contribution in [3.05, 3.63) is 11.8 Å². The number of piperidine rings is 1. The molecule has 1 aliphatic carbocycles. The maximum Gasteiger partial charge on any atom is 0.534 e. The molecular weight excluding hydrogens is 411 g/mol. The molecular formula is C18H32F3NO4SSi. The Morgan fingerprint density at radius 1 is 1.18 bits per heavy atom. The Labute approximate surface area is 167 Å². The summed E-state index contributed by atoms with van der Waals surface area (Å²) in [6.07, 6.45) is 4.93. The molecule has 164 valence electrons. The molecule has 0 aromatic rings. The molecule has 0 radical (unpaired) electrons. The summed E-state index contributed by atoms with van der Waals surface area (Å²) >= 11 is 0. The minimum atomic E-state index is -5.58. The van der Waals surface area contributed by atoms with Gasteiger partial charge in [0, 0.05) is 19.0 Å². The van der Waals surface area contributed by atoms with Crippen molar-refractivity contribution < 1.29 is 30.2 Å². The summed E-state index contributed by atoms with van der Waals surface area (Å²) in [6.45, 7) is 12.8. The Kier molecular flexibility index (Phi) is 7.00. The predicted octanol–water partition coefficient (Wildman–Crippen LogP) is 4.78. The van der Waals surface area contributed by atoms with Gasteiger partial charge in [0.25, 0.3) is 0 Å². The van der Waals surface area contributed by atoms with Gasteiger partial charge in [0.15, 0.2) is 8.32 Å². The fraction of sp³-hybridized carbons (Fsp3) is 0.889. The van der Waals surface area contributed by atoms with Crippen molar-refractivity contribution in [2.24, 2.45) is 0 Å². The zero-order chi connectivity index (χ0) is 21.4. The van der Waals surface area contributed by atoms with Crippen molar-refractivity contribution in [3.63, 3.8) is 0 Å². The van der Waals surface area contributed by atoms with E-state index >= 15 is 0 Å². The highest BCUT2D eigenvalue weighted by molar-refractivity contribution is 7.87. The van der Waals surface area contributed by atoms with Crippen molar-refractivity contribution in [1.82, 2.24) is 4.90 Å². The van der Waals surface area contributed by atoms with E-state index in [0.29, 0.717) is 12.8 Å². The van der Waals surface area contributed by atoms with Gasteiger partial charge < -0.3 is 8.61 Å². The maximum absolute atomic E-state index is 12.5. The molecule has 10 heteroatoms. The van der Waals surface area contributed by atoms with E-state index in [0.717, 1.165) is 25.9 Å². The average Bonchev–Trinajstić information content (AvgIpc) is 2.53. The number of nitrogens with zero attached hydrogens (tertiary/aromatic N) is 1. The van der Waals surface area contributed by atoms with Crippen molar-refractivity contribution >= 4 is 18.4 Å². The molecule has 0 aromatic heterocycles. The molecule has 1 fully saturated rings. The summed E-state index contributed by atoms with van der Waals surface area (Å²) in [5, 5.41) is 0.138. The van der Waals surface area contributed by atoms with Gasteiger partial charge in [-0.1, -0.05) is 20.8 Å². The van der Waals surface area contributed by atoms with Crippen LogP contribution in [0, 0.1) is 0 Å². The molecule has 0 N–H and O–H groups in total. The van der Waals surface area contributed by atoms with Gasteiger partial charge in [-0.05, 0) is 56.4 Å². The van der Waals surface area contributed by atoms with Gasteiger partial charge in [0.05, 0.1) is 6.10 Å². The molecule has 2 aliphatic rings. The van der Waals surface area contributed by atoms with Crippen LogP contribution in [0.2, 0.25) is 18.1 Å². The Morgan fingerprint density at radius 3 is 2.32 bits per heavy atom. The molecule has 0 bridgehead atoms. The van der Waals surface area contributed by atoms with Crippen LogP contribution in [-0.2, 0) is 18.7 Å². The second-order valence-corrected chi connectivity index (χ2v) is 15.5. The number of rotatable bonds is 5. The molecule has 5 nitrogen and oxygen atoms in total. The van der Waals surface area contributed by atoms with E-state index in [1.165, 1.54) is 6.08 Å². The molecule has 1 saturated heterocycles. The Bertz CT molecular complexity index is 686. The molecule has 28 heavy (non-hydrogen) atoms. The Morgan fingerprint density at radius 2 is 1.82 bits per heavy atom. The van der Waals surface area contributed by atoms with E-state index in [2.05, 4.69) is 42.9 Å². The fourth-order valence-corrected chi connectivity index (χ4v) is 5.29. The van der Waals surface area contributed by atoms with Crippen LogP contribution in [0.25, 0.3) is 0 Å². The second kappa shape index (κ2) is 8.27. The molecule has 1 heterocycles. The molecule has 1 aliphatic heterocycles. The summed E-state index contributed by atoms with van der Waals surface area (Å²) in [6, 6.07) is 0.173. The van der Waals surface area contributed by atoms with Crippen molar-refractivity contribution in [1.29, 1.82) is 0 Å². The highest BCUT2D eigenvalue weighted by Crippen LogP contribution is 2.39. The normalized spacial score (nSPS) is 26.1. The van der Waals surface area contributed by atoms with Gasteiger partial charge in [-0.25, -0.2) is 0 Å². The second-order valence-electron chi connectivity index (χ2n) is 9.22. The minimum Gasteiger partial charge on any atom is -0.413 e. The molecule has 2 rings (SSSR count). The van der Waals surface area contributed by atoms with Gasteiger partial charge in [-0.15, -0.1) is 0 Å². The standard InChI is InChI=1S/C18H32F3NO4SSi/c1-17(2,3)28(4,5)26-16-7-6-12-22(13-16)14-8-10-15(11-9-14)25-27(23,24)18(19,20)21/h10,14,16H,6-9,11-13H2,1-5H3.